The summed E-state index contributed by atoms with van der Waals surface area (Å²) in [6.45, 7) is 0. The van der Waals surface area contributed by atoms with Crippen molar-refractivity contribution in [2.24, 2.45) is 0 Å². The van der Waals surface area contributed by atoms with E-state index < -0.39 is 10.8 Å². The largest absolute Gasteiger partial charge is 0.321 e. The van der Waals surface area contributed by atoms with Gasteiger partial charge < -0.3 is 5.32 Å². The van der Waals surface area contributed by atoms with Crippen molar-refractivity contribution in [2.45, 2.75) is 0 Å². The minimum absolute atomic E-state index is 0.0840. The van der Waals surface area contributed by atoms with Crippen LogP contribution in [0.15, 0.2) is 40.9 Å². The number of rotatable bonds is 3. The summed E-state index contributed by atoms with van der Waals surface area (Å²) in [4.78, 5) is 22.1. The first-order valence-electron chi connectivity index (χ1n) is 5.59. The first-order chi connectivity index (χ1) is 9.88. The van der Waals surface area contributed by atoms with Crippen LogP contribution in [-0.2, 0) is 0 Å². The van der Waals surface area contributed by atoms with Gasteiger partial charge in [0.05, 0.1) is 20.7 Å². The predicted molar refractivity (Wildman–Crippen MR) is 85.2 cm³/mol. The number of anilines is 1. The van der Waals surface area contributed by atoms with E-state index in [4.69, 9.17) is 23.2 Å². The molecule has 0 aliphatic rings. The van der Waals surface area contributed by atoms with Crippen LogP contribution in [0.25, 0.3) is 0 Å². The zero-order chi connectivity index (χ0) is 15.6. The van der Waals surface area contributed by atoms with Crippen molar-refractivity contribution in [3.63, 3.8) is 0 Å². The second-order valence-electron chi connectivity index (χ2n) is 4.00. The molecule has 0 atom stereocenters. The molecule has 0 unspecified atom stereocenters. The Bertz CT molecular complexity index is 737. The van der Waals surface area contributed by atoms with E-state index >= 15 is 0 Å². The summed E-state index contributed by atoms with van der Waals surface area (Å²) in [6.07, 6.45) is 0. The molecule has 5 nitrogen and oxygen atoms in total. The number of nitro benzene ring substituents is 1. The van der Waals surface area contributed by atoms with Crippen molar-refractivity contribution in [2.75, 3.05) is 5.32 Å². The van der Waals surface area contributed by atoms with E-state index in [1.165, 1.54) is 24.3 Å². The van der Waals surface area contributed by atoms with Gasteiger partial charge in [0.25, 0.3) is 11.6 Å². The Morgan fingerprint density at radius 1 is 1.14 bits per heavy atom. The molecule has 2 aromatic rings. The van der Waals surface area contributed by atoms with Gasteiger partial charge in [-0.05, 0) is 40.2 Å². The van der Waals surface area contributed by atoms with Crippen LogP contribution in [0, 0.1) is 10.1 Å². The number of hydrogen-bond donors (Lipinski definition) is 1. The van der Waals surface area contributed by atoms with Crippen LogP contribution in [0.3, 0.4) is 0 Å². The molecule has 1 N–H and O–H groups in total. The van der Waals surface area contributed by atoms with Gasteiger partial charge >= 0.3 is 0 Å². The maximum absolute atomic E-state index is 12.1. The van der Waals surface area contributed by atoms with E-state index in [9.17, 15) is 14.9 Å². The highest BCUT2D eigenvalue weighted by Crippen LogP contribution is 2.28. The molecule has 2 rings (SSSR count). The van der Waals surface area contributed by atoms with E-state index in [1.807, 2.05) is 0 Å². The van der Waals surface area contributed by atoms with Gasteiger partial charge in [0.15, 0.2) is 0 Å². The molecule has 21 heavy (non-hydrogen) atoms. The zero-order valence-corrected chi connectivity index (χ0v) is 13.4. The van der Waals surface area contributed by atoms with Crippen LogP contribution < -0.4 is 5.32 Å². The lowest BCUT2D eigenvalue weighted by Gasteiger charge is -2.08. The van der Waals surface area contributed by atoms with E-state index in [0.29, 0.717) is 15.1 Å². The Morgan fingerprint density at radius 3 is 2.43 bits per heavy atom. The molecular weight excluding hydrogens is 383 g/mol. The van der Waals surface area contributed by atoms with E-state index in [-0.39, 0.29) is 16.4 Å². The quantitative estimate of drug-likeness (QED) is 0.598. The fourth-order valence-corrected chi connectivity index (χ4v) is 2.20. The minimum Gasteiger partial charge on any atom is -0.321 e. The number of carbonyl (C=O) groups is 1. The third-order valence-electron chi connectivity index (χ3n) is 2.59. The number of amides is 1. The lowest BCUT2D eigenvalue weighted by Crippen LogP contribution is -2.12. The molecule has 0 aliphatic heterocycles. The smallest absolute Gasteiger partial charge is 0.271 e. The standard InChI is InChI=1S/C13H7BrCl2N2O3/c14-9-3-1-7(5-10(9)15)13(19)17-12-4-2-8(18(20)21)6-11(12)16/h1-6H,(H,17,19). The van der Waals surface area contributed by atoms with Gasteiger partial charge in [0, 0.05) is 22.2 Å². The number of non-ortho nitro benzene ring substituents is 1. The molecule has 0 aliphatic carbocycles. The van der Waals surface area contributed by atoms with Crippen LogP contribution in [0.4, 0.5) is 11.4 Å². The number of halogens is 3. The fraction of sp³-hybridized carbons (Fsp3) is 0. The molecule has 0 radical (unpaired) electrons. The summed E-state index contributed by atoms with van der Waals surface area (Å²) < 4.78 is 0.675. The van der Waals surface area contributed by atoms with Crippen LogP contribution >= 0.6 is 39.1 Å². The van der Waals surface area contributed by atoms with Gasteiger partial charge in [-0.15, -0.1) is 0 Å². The minimum atomic E-state index is -0.564. The Morgan fingerprint density at radius 2 is 1.86 bits per heavy atom. The molecule has 8 heteroatoms. The zero-order valence-electron chi connectivity index (χ0n) is 10.3. The number of nitrogens with zero attached hydrogens (tertiary/aromatic N) is 1. The maximum Gasteiger partial charge on any atom is 0.271 e. The van der Waals surface area contributed by atoms with Crippen LogP contribution in [0.5, 0.6) is 0 Å². The third-order valence-corrected chi connectivity index (χ3v) is 4.14. The van der Waals surface area contributed by atoms with Gasteiger partial charge in [-0.25, -0.2) is 0 Å². The highest BCUT2D eigenvalue weighted by molar-refractivity contribution is 9.10. The van der Waals surface area contributed by atoms with Gasteiger partial charge in [0.2, 0.25) is 0 Å². The number of benzene rings is 2. The third kappa shape index (κ3) is 3.72. The molecule has 1 amide bonds. The Hall–Kier alpha value is -1.63. The molecule has 0 bridgehead atoms. The van der Waals surface area contributed by atoms with Gasteiger partial charge in [-0.3, -0.25) is 14.9 Å². The van der Waals surface area contributed by atoms with Crippen molar-refractivity contribution >= 4 is 56.4 Å². The Kier molecular flexibility index (Phi) is 4.82. The van der Waals surface area contributed by atoms with E-state index in [0.717, 1.165) is 0 Å². The van der Waals surface area contributed by atoms with Crippen molar-refractivity contribution in [3.8, 4) is 0 Å². The fourth-order valence-electron chi connectivity index (χ4n) is 1.55. The average molecular weight is 390 g/mol. The number of nitrogens with one attached hydrogen (secondary N) is 1. The van der Waals surface area contributed by atoms with Crippen LogP contribution in [0.1, 0.15) is 10.4 Å². The average Bonchev–Trinajstić information content (AvgIpc) is 2.43. The van der Waals surface area contributed by atoms with Gasteiger partial charge in [0.1, 0.15) is 0 Å². The summed E-state index contributed by atoms with van der Waals surface area (Å²) in [6, 6.07) is 8.54. The molecule has 0 saturated heterocycles. The van der Waals surface area contributed by atoms with E-state index in [1.54, 1.807) is 12.1 Å². The molecule has 0 spiro atoms. The lowest BCUT2D eigenvalue weighted by atomic mass is 10.2. The van der Waals surface area contributed by atoms with Crippen molar-refractivity contribution < 1.29 is 9.72 Å². The topological polar surface area (TPSA) is 72.2 Å². The first kappa shape index (κ1) is 15.8. The molecule has 0 heterocycles. The molecule has 0 fully saturated rings. The SMILES string of the molecule is O=C(Nc1ccc([N+](=O)[O-])cc1Cl)c1ccc(Br)c(Cl)c1. The summed E-state index contributed by atoms with van der Waals surface area (Å²) in [5, 5.41) is 13.7. The summed E-state index contributed by atoms with van der Waals surface area (Å²) in [5.74, 6) is -0.417. The summed E-state index contributed by atoms with van der Waals surface area (Å²) in [5.41, 5.74) is 0.480. The number of hydrogen-bond acceptors (Lipinski definition) is 3. The lowest BCUT2D eigenvalue weighted by molar-refractivity contribution is -0.384. The highest BCUT2D eigenvalue weighted by atomic mass is 79.9. The predicted octanol–water partition coefficient (Wildman–Crippen LogP) is 4.92. The molecular formula is C13H7BrCl2N2O3. The van der Waals surface area contributed by atoms with Gasteiger partial charge in [-0.2, -0.15) is 0 Å². The van der Waals surface area contributed by atoms with Crippen LogP contribution in [0.2, 0.25) is 10.0 Å². The number of nitro groups is 1. The molecule has 0 saturated carbocycles. The van der Waals surface area contributed by atoms with Crippen LogP contribution in [-0.4, -0.2) is 10.8 Å². The molecule has 0 aromatic heterocycles. The molecule has 108 valence electrons. The van der Waals surface area contributed by atoms with Gasteiger partial charge in [-0.1, -0.05) is 23.2 Å². The molecule has 2 aromatic carbocycles. The summed E-state index contributed by atoms with van der Waals surface area (Å²) in [7, 11) is 0. The summed E-state index contributed by atoms with van der Waals surface area (Å²) >= 11 is 15.1. The monoisotopic (exact) mass is 388 g/mol. The number of carbonyl (C=O) groups excluding carboxylic acids is 1. The van der Waals surface area contributed by atoms with Crippen molar-refractivity contribution in [3.05, 3.63) is 66.6 Å². The van der Waals surface area contributed by atoms with Crippen molar-refractivity contribution in [1.82, 2.24) is 0 Å². The second-order valence-corrected chi connectivity index (χ2v) is 5.67. The maximum atomic E-state index is 12.1. The highest BCUT2D eigenvalue weighted by Gasteiger charge is 2.13. The first-order valence-corrected chi connectivity index (χ1v) is 7.13. The van der Waals surface area contributed by atoms with E-state index in [2.05, 4.69) is 21.2 Å². The van der Waals surface area contributed by atoms with Crippen molar-refractivity contribution in [1.29, 1.82) is 0 Å². The second kappa shape index (κ2) is 6.43. The Labute approximate surface area is 138 Å². The Balaban J connectivity index is 2.23. The normalized spacial score (nSPS) is 10.2.